The van der Waals surface area contributed by atoms with E-state index in [0.29, 0.717) is 0 Å². The molecule has 0 radical (unpaired) electrons. The normalized spacial score (nSPS) is 48.9. The van der Waals surface area contributed by atoms with Crippen LogP contribution in [0.25, 0.3) is 0 Å². The van der Waals surface area contributed by atoms with E-state index in [9.17, 15) is 20.1 Å². The first-order valence-corrected chi connectivity index (χ1v) is 4.05. The Labute approximate surface area is 79.7 Å². The van der Waals surface area contributed by atoms with Gasteiger partial charge in [-0.25, -0.2) is 0 Å². The number of hydrogen-bond acceptors (Lipinski definition) is 7. The molecule has 0 aliphatic carbocycles. The molecule has 0 aromatic rings. The number of aliphatic hydroxyl groups is 4. The van der Waals surface area contributed by atoms with Gasteiger partial charge < -0.3 is 30.9 Å². The molecule has 0 spiro atoms. The monoisotopic (exact) mass is 207 g/mol. The SMILES string of the molecule is N[C@@H]1[C@@H](O)[C@@H](O)[C@@H](CO)OC1(O)C=O. The summed E-state index contributed by atoms with van der Waals surface area (Å²) in [5.74, 6) is -2.37. The second-order valence-electron chi connectivity index (χ2n) is 3.22. The largest absolute Gasteiger partial charge is 0.394 e. The maximum atomic E-state index is 10.5. The lowest BCUT2D eigenvalue weighted by atomic mass is 9.92. The Balaban J connectivity index is 2.89. The second kappa shape index (κ2) is 3.89. The second-order valence-corrected chi connectivity index (χ2v) is 3.22. The van der Waals surface area contributed by atoms with Crippen molar-refractivity contribution < 1.29 is 30.0 Å². The van der Waals surface area contributed by atoms with Gasteiger partial charge in [-0.3, -0.25) is 4.79 Å². The highest BCUT2D eigenvalue weighted by atomic mass is 16.7. The lowest BCUT2D eigenvalue weighted by Crippen LogP contribution is -2.69. The van der Waals surface area contributed by atoms with E-state index >= 15 is 0 Å². The lowest BCUT2D eigenvalue weighted by molar-refractivity contribution is -0.291. The molecule has 0 saturated carbocycles. The minimum absolute atomic E-state index is 0.0232. The minimum Gasteiger partial charge on any atom is -0.394 e. The first kappa shape index (κ1) is 11.5. The van der Waals surface area contributed by atoms with Gasteiger partial charge in [0.15, 0.2) is 6.29 Å². The highest BCUT2D eigenvalue weighted by Crippen LogP contribution is 2.24. The molecule has 1 aliphatic rings. The average Bonchev–Trinajstić information content (AvgIpc) is 2.20. The Morgan fingerprint density at radius 1 is 1.43 bits per heavy atom. The van der Waals surface area contributed by atoms with Crippen LogP contribution in [0.2, 0.25) is 0 Å². The van der Waals surface area contributed by atoms with E-state index in [-0.39, 0.29) is 6.29 Å². The zero-order valence-electron chi connectivity index (χ0n) is 7.28. The van der Waals surface area contributed by atoms with Crippen molar-refractivity contribution >= 4 is 6.29 Å². The molecule has 6 N–H and O–H groups in total. The van der Waals surface area contributed by atoms with Crippen LogP contribution in [0.4, 0.5) is 0 Å². The van der Waals surface area contributed by atoms with Crippen molar-refractivity contribution in [2.24, 2.45) is 5.73 Å². The Morgan fingerprint density at radius 2 is 2.00 bits per heavy atom. The number of ether oxygens (including phenoxy) is 1. The zero-order valence-corrected chi connectivity index (χ0v) is 7.28. The predicted molar refractivity (Wildman–Crippen MR) is 43.0 cm³/mol. The highest BCUT2D eigenvalue weighted by molar-refractivity contribution is 5.61. The summed E-state index contributed by atoms with van der Waals surface area (Å²) in [6, 6.07) is -1.45. The summed E-state index contributed by atoms with van der Waals surface area (Å²) < 4.78 is 4.67. The van der Waals surface area contributed by atoms with E-state index in [1.54, 1.807) is 0 Å². The zero-order chi connectivity index (χ0) is 10.9. The number of hydrogen-bond donors (Lipinski definition) is 5. The van der Waals surface area contributed by atoms with Gasteiger partial charge in [0.05, 0.1) is 12.6 Å². The number of nitrogens with two attached hydrogens (primary N) is 1. The Kier molecular flexibility index (Phi) is 3.20. The van der Waals surface area contributed by atoms with Crippen molar-refractivity contribution in [2.45, 2.75) is 30.1 Å². The number of aldehydes is 1. The summed E-state index contributed by atoms with van der Waals surface area (Å²) in [5, 5.41) is 36.8. The summed E-state index contributed by atoms with van der Waals surface area (Å²) in [6.07, 6.45) is -4.18. The maximum absolute atomic E-state index is 10.5. The van der Waals surface area contributed by atoms with Crippen LogP contribution >= 0.6 is 0 Å². The molecule has 0 bridgehead atoms. The Morgan fingerprint density at radius 3 is 2.43 bits per heavy atom. The molecule has 14 heavy (non-hydrogen) atoms. The van der Waals surface area contributed by atoms with Crippen LogP contribution in [-0.2, 0) is 9.53 Å². The summed E-state index contributed by atoms with van der Waals surface area (Å²) in [4.78, 5) is 10.5. The third-order valence-electron chi connectivity index (χ3n) is 2.27. The van der Waals surface area contributed by atoms with Crippen LogP contribution in [-0.4, -0.2) is 63.5 Å². The predicted octanol–water partition coefficient (Wildman–Crippen LogP) is -3.69. The molecule has 1 saturated heterocycles. The van der Waals surface area contributed by atoms with Gasteiger partial charge in [0.25, 0.3) is 0 Å². The maximum Gasteiger partial charge on any atom is 0.242 e. The van der Waals surface area contributed by atoms with E-state index in [2.05, 4.69) is 4.74 Å². The van der Waals surface area contributed by atoms with Crippen LogP contribution in [0.5, 0.6) is 0 Å². The molecule has 1 heterocycles. The molecule has 1 aliphatic heterocycles. The average molecular weight is 207 g/mol. The summed E-state index contributed by atoms with van der Waals surface area (Å²) >= 11 is 0. The van der Waals surface area contributed by atoms with Crippen LogP contribution in [0.1, 0.15) is 0 Å². The summed E-state index contributed by atoms with van der Waals surface area (Å²) in [6.45, 7) is -0.638. The van der Waals surface area contributed by atoms with E-state index in [1.807, 2.05) is 0 Å². The molecule has 0 aromatic heterocycles. The van der Waals surface area contributed by atoms with Crippen LogP contribution in [0.3, 0.4) is 0 Å². The van der Waals surface area contributed by atoms with Crippen molar-refractivity contribution in [3.8, 4) is 0 Å². The Hall–Kier alpha value is -0.570. The van der Waals surface area contributed by atoms with Crippen molar-refractivity contribution in [3.05, 3.63) is 0 Å². The van der Waals surface area contributed by atoms with Gasteiger partial charge in [-0.2, -0.15) is 0 Å². The lowest BCUT2D eigenvalue weighted by Gasteiger charge is -2.43. The number of carbonyl (C=O) groups excluding carboxylic acids is 1. The molecule has 0 aromatic carbocycles. The van der Waals surface area contributed by atoms with Crippen molar-refractivity contribution in [3.63, 3.8) is 0 Å². The van der Waals surface area contributed by atoms with Gasteiger partial charge in [-0.05, 0) is 0 Å². The quantitative estimate of drug-likeness (QED) is 0.294. The van der Waals surface area contributed by atoms with Gasteiger partial charge in [-0.15, -0.1) is 0 Å². The summed E-state index contributed by atoms with van der Waals surface area (Å²) in [5.41, 5.74) is 5.28. The number of carbonyl (C=O) groups is 1. The number of aliphatic hydroxyl groups excluding tert-OH is 3. The summed E-state index contributed by atoms with van der Waals surface area (Å²) in [7, 11) is 0. The fraction of sp³-hybridized carbons (Fsp3) is 0.857. The van der Waals surface area contributed by atoms with Gasteiger partial charge in [0, 0.05) is 0 Å². The molecule has 7 nitrogen and oxygen atoms in total. The molecule has 1 fully saturated rings. The topological polar surface area (TPSA) is 133 Å². The van der Waals surface area contributed by atoms with Crippen LogP contribution in [0.15, 0.2) is 0 Å². The van der Waals surface area contributed by atoms with Crippen LogP contribution < -0.4 is 5.73 Å². The fourth-order valence-corrected chi connectivity index (χ4v) is 1.32. The first-order chi connectivity index (χ1) is 6.46. The molecule has 82 valence electrons. The van der Waals surface area contributed by atoms with E-state index in [4.69, 9.17) is 10.8 Å². The Bertz CT molecular complexity index is 222. The molecular formula is C7H13NO6. The van der Waals surface area contributed by atoms with Gasteiger partial charge in [-0.1, -0.05) is 0 Å². The van der Waals surface area contributed by atoms with E-state index in [1.165, 1.54) is 0 Å². The third-order valence-corrected chi connectivity index (χ3v) is 2.27. The van der Waals surface area contributed by atoms with Crippen molar-refractivity contribution in [1.29, 1.82) is 0 Å². The van der Waals surface area contributed by atoms with Crippen molar-refractivity contribution in [2.75, 3.05) is 6.61 Å². The smallest absolute Gasteiger partial charge is 0.242 e. The van der Waals surface area contributed by atoms with Gasteiger partial charge in [0.2, 0.25) is 5.79 Å². The molecule has 0 amide bonds. The molecular weight excluding hydrogens is 194 g/mol. The minimum atomic E-state index is -2.37. The first-order valence-electron chi connectivity index (χ1n) is 4.05. The van der Waals surface area contributed by atoms with Crippen LogP contribution in [0, 0.1) is 0 Å². The number of rotatable bonds is 2. The molecule has 7 heteroatoms. The molecule has 1 rings (SSSR count). The van der Waals surface area contributed by atoms with E-state index in [0.717, 1.165) is 0 Å². The van der Waals surface area contributed by atoms with E-state index < -0.39 is 36.7 Å². The third kappa shape index (κ3) is 1.65. The molecule has 1 unspecified atom stereocenters. The van der Waals surface area contributed by atoms with Gasteiger partial charge in [0.1, 0.15) is 18.3 Å². The standard InChI is InChI=1S/C7H13NO6/c8-6-5(12)4(11)3(1-9)14-7(6,13)2-10/h2-6,9,11-13H,1,8H2/t3-,4+,5+,6-,7?/m1/s1. The van der Waals surface area contributed by atoms with Gasteiger partial charge >= 0.3 is 0 Å². The highest BCUT2D eigenvalue weighted by Gasteiger charge is 2.51. The molecule has 5 atom stereocenters. The van der Waals surface area contributed by atoms with Crippen molar-refractivity contribution in [1.82, 2.24) is 0 Å². The fourth-order valence-electron chi connectivity index (χ4n) is 1.32.